The van der Waals surface area contributed by atoms with E-state index in [1.165, 1.54) is 302 Å². The molecule has 0 spiro atoms. The number of allylic oxidation sites excluding steroid dienone is 4. The van der Waals surface area contributed by atoms with E-state index in [4.69, 9.17) is 4.74 Å². The molecule has 444 valence electrons. The number of carbonyl (C=O) groups excluding carboxylic acids is 2. The van der Waals surface area contributed by atoms with Crippen molar-refractivity contribution < 1.29 is 24.5 Å². The molecule has 0 aliphatic rings. The zero-order chi connectivity index (χ0) is 54.3. The lowest BCUT2D eigenvalue weighted by molar-refractivity contribution is -0.143. The van der Waals surface area contributed by atoms with E-state index in [0.717, 1.165) is 44.9 Å². The topological polar surface area (TPSA) is 95.9 Å². The SMILES string of the molecule is CCCCC/C=C\CCCCCCCC(=O)OCCCCCCCCCCCCCC/C=C\CCCCCCCCCCCCCCC(=O)NC(CO)C(O)CCCCCCCCCCCCCCCCCCCC. The second-order valence-corrected chi connectivity index (χ2v) is 23.5. The molecule has 0 aliphatic carbocycles. The highest BCUT2D eigenvalue weighted by Gasteiger charge is 2.20. The number of rotatable bonds is 64. The average molecular weight is 1060 g/mol. The molecule has 6 nitrogen and oxygen atoms in total. The van der Waals surface area contributed by atoms with Gasteiger partial charge in [0.25, 0.3) is 0 Å². The summed E-state index contributed by atoms with van der Waals surface area (Å²) in [6.45, 7) is 4.96. The number of amides is 1. The first-order valence-corrected chi connectivity index (χ1v) is 34.1. The number of hydrogen-bond acceptors (Lipinski definition) is 5. The van der Waals surface area contributed by atoms with Crippen LogP contribution in [0.4, 0.5) is 0 Å². The Balaban J connectivity index is 3.38. The van der Waals surface area contributed by atoms with E-state index in [1.54, 1.807) is 0 Å². The van der Waals surface area contributed by atoms with Crippen molar-refractivity contribution in [3.63, 3.8) is 0 Å². The van der Waals surface area contributed by atoms with Crippen LogP contribution in [0.5, 0.6) is 0 Å². The van der Waals surface area contributed by atoms with Crippen LogP contribution >= 0.6 is 0 Å². The predicted octanol–water partition coefficient (Wildman–Crippen LogP) is 21.8. The van der Waals surface area contributed by atoms with E-state index in [-0.39, 0.29) is 18.5 Å². The zero-order valence-corrected chi connectivity index (χ0v) is 50.8. The molecular weight excluding hydrogens is 923 g/mol. The Morgan fingerprint density at radius 1 is 0.360 bits per heavy atom. The van der Waals surface area contributed by atoms with Crippen LogP contribution < -0.4 is 5.32 Å². The molecule has 75 heavy (non-hydrogen) atoms. The van der Waals surface area contributed by atoms with Gasteiger partial charge in [-0.2, -0.15) is 0 Å². The molecule has 0 radical (unpaired) electrons. The quantitative estimate of drug-likeness (QED) is 0.0320. The molecule has 0 aliphatic heterocycles. The van der Waals surface area contributed by atoms with E-state index in [9.17, 15) is 19.8 Å². The van der Waals surface area contributed by atoms with Crippen LogP contribution in [0.15, 0.2) is 24.3 Å². The third-order valence-corrected chi connectivity index (χ3v) is 16.0. The molecule has 3 N–H and O–H groups in total. The first kappa shape index (κ1) is 73.3. The van der Waals surface area contributed by atoms with Gasteiger partial charge >= 0.3 is 5.97 Å². The minimum Gasteiger partial charge on any atom is -0.466 e. The van der Waals surface area contributed by atoms with E-state index < -0.39 is 12.1 Å². The maximum atomic E-state index is 12.5. The molecule has 2 atom stereocenters. The fourth-order valence-corrected chi connectivity index (χ4v) is 10.7. The van der Waals surface area contributed by atoms with Crippen molar-refractivity contribution >= 4 is 11.9 Å². The Hall–Kier alpha value is -1.66. The van der Waals surface area contributed by atoms with Gasteiger partial charge in [-0.05, 0) is 77.0 Å². The Morgan fingerprint density at radius 3 is 0.973 bits per heavy atom. The maximum Gasteiger partial charge on any atom is 0.305 e. The Labute approximate surface area is 469 Å². The summed E-state index contributed by atoms with van der Waals surface area (Å²) in [5.74, 6) is -0.0252. The van der Waals surface area contributed by atoms with Gasteiger partial charge in [-0.1, -0.05) is 314 Å². The van der Waals surface area contributed by atoms with E-state index >= 15 is 0 Å². The smallest absolute Gasteiger partial charge is 0.305 e. The standard InChI is InChI=1S/C69H133NO5/c1-3-5-7-9-11-13-15-17-18-19-32-35-38-41-45-49-53-57-61-67(72)66(65-71)70-68(73)62-58-54-50-46-42-39-36-33-30-28-26-24-22-20-21-23-25-27-29-31-34-37-40-44-48-52-56-60-64-75-69(74)63-59-55-51-47-43-16-14-12-10-8-6-4-2/h12,14,20-21,66-67,71-72H,3-11,13,15-19,22-65H2,1-2H3,(H,70,73)/b14-12-,21-20-. The van der Waals surface area contributed by atoms with Crippen LogP contribution in [-0.2, 0) is 14.3 Å². The highest BCUT2D eigenvalue weighted by Crippen LogP contribution is 2.18. The summed E-state index contributed by atoms with van der Waals surface area (Å²) in [5.41, 5.74) is 0. The first-order valence-electron chi connectivity index (χ1n) is 34.1. The number of hydrogen-bond donors (Lipinski definition) is 3. The normalized spacial score (nSPS) is 12.6. The van der Waals surface area contributed by atoms with Crippen LogP contribution in [-0.4, -0.2) is 47.4 Å². The van der Waals surface area contributed by atoms with E-state index in [1.807, 2.05) is 0 Å². The summed E-state index contributed by atoms with van der Waals surface area (Å²) in [7, 11) is 0. The van der Waals surface area contributed by atoms with Crippen LogP contribution in [0.2, 0.25) is 0 Å². The minimum atomic E-state index is -0.664. The van der Waals surface area contributed by atoms with Crippen molar-refractivity contribution in [3.05, 3.63) is 24.3 Å². The summed E-state index contributed by atoms with van der Waals surface area (Å²) >= 11 is 0. The Kier molecular flexibility index (Phi) is 63.4. The van der Waals surface area contributed by atoms with Gasteiger partial charge < -0.3 is 20.3 Å². The number of unbranched alkanes of at least 4 members (excludes halogenated alkanes) is 49. The molecule has 0 heterocycles. The summed E-state index contributed by atoms with van der Waals surface area (Å²) in [4.78, 5) is 24.5. The van der Waals surface area contributed by atoms with Gasteiger partial charge in [-0.25, -0.2) is 0 Å². The van der Waals surface area contributed by atoms with E-state index in [2.05, 4.69) is 43.5 Å². The van der Waals surface area contributed by atoms with Crippen molar-refractivity contribution in [2.75, 3.05) is 13.2 Å². The molecule has 0 aromatic carbocycles. The number of nitrogens with one attached hydrogen (secondary N) is 1. The van der Waals surface area contributed by atoms with Crippen molar-refractivity contribution in [2.45, 2.75) is 392 Å². The molecule has 0 saturated carbocycles. The number of aliphatic hydroxyl groups excluding tert-OH is 2. The van der Waals surface area contributed by atoms with Crippen molar-refractivity contribution in [3.8, 4) is 0 Å². The summed E-state index contributed by atoms with van der Waals surface area (Å²) < 4.78 is 5.47. The molecule has 2 unspecified atom stereocenters. The van der Waals surface area contributed by atoms with Crippen LogP contribution in [0.3, 0.4) is 0 Å². The number of esters is 1. The number of aliphatic hydroxyl groups is 2. The molecule has 0 rings (SSSR count). The minimum absolute atomic E-state index is 0.00622. The lowest BCUT2D eigenvalue weighted by Crippen LogP contribution is -2.45. The van der Waals surface area contributed by atoms with Crippen molar-refractivity contribution in [1.82, 2.24) is 5.32 Å². The van der Waals surface area contributed by atoms with Gasteiger partial charge in [0.2, 0.25) is 5.91 Å². The van der Waals surface area contributed by atoms with Crippen LogP contribution in [0, 0.1) is 0 Å². The molecule has 1 amide bonds. The van der Waals surface area contributed by atoms with Crippen LogP contribution in [0.1, 0.15) is 380 Å². The molecule has 0 fully saturated rings. The van der Waals surface area contributed by atoms with Crippen molar-refractivity contribution in [1.29, 1.82) is 0 Å². The monoisotopic (exact) mass is 1060 g/mol. The van der Waals surface area contributed by atoms with Gasteiger partial charge in [0.15, 0.2) is 0 Å². The number of carbonyl (C=O) groups is 2. The molecule has 0 saturated heterocycles. The third-order valence-electron chi connectivity index (χ3n) is 16.0. The number of ether oxygens (including phenoxy) is 1. The summed E-state index contributed by atoms with van der Waals surface area (Å²) in [5, 5.41) is 23.4. The van der Waals surface area contributed by atoms with Gasteiger partial charge in [0.1, 0.15) is 0 Å². The lowest BCUT2D eigenvalue weighted by atomic mass is 10.0. The second-order valence-electron chi connectivity index (χ2n) is 23.5. The third kappa shape index (κ3) is 61.4. The van der Waals surface area contributed by atoms with Crippen molar-refractivity contribution in [2.24, 2.45) is 0 Å². The largest absolute Gasteiger partial charge is 0.466 e. The molecule has 0 aromatic rings. The highest BCUT2D eigenvalue weighted by atomic mass is 16.5. The van der Waals surface area contributed by atoms with Crippen LogP contribution in [0.25, 0.3) is 0 Å². The fraction of sp³-hybridized carbons (Fsp3) is 0.913. The maximum absolute atomic E-state index is 12.5. The van der Waals surface area contributed by atoms with Gasteiger partial charge in [0, 0.05) is 12.8 Å². The summed E-state index contributed by atoms with van der Waals surface area (Å²) in [6.07, 6.45) is 80.7. The lowest BCUT2D eigenvalue weighted by Gasteiger charge is -2.22. The van der Waals surface area contributed by atoms with Gasteiger partial charge in [0.05, 0.1) is 25.4 Å². The Bertz CT molecular complexity index is 1170. The second kappa shape index (κ2) is 64.9. The molecule has 0 bridgehead atoms. The zero-order valence-electron chi connectivity index (χ0n) is 50.8. The molecular formula is C69H133NO5. The first-order chi connectivity index (χ1) is 37.0. The van der Waals surface area contributed by atoms with Gasteiger partial charge in [-0.15, -0.1) is 0 Å². The molecule has 6 heteroatoms. The highest BCUT2D eigenvalue weighted by molar-refractivity contribution is 5.76. The molecule has 0 aromatic heterocycles. The van der Waals surface area contributed by atoms with Gasteiger partial charge in [-0.3, -0.25) is 9.59 Å². The fourth-order valence-electron chi connectivity index (χ4n) is 10.7. The summed E-state index contributed by atoms with van der Waals surface area (Å²) in [6, 6.07) is -0.542. The predicted molar refractivity (Wildman–Crippen MR) is 329 cm³/mol. The van der Waals surface area contributed by atoms with E-state index in [0.29, 0.717) is 25.9 Å². The Morgan fingerprint density at radius 2 is 0.627 bits per heavy atom. The average Bonchev–Trinajstić information content (AvgIpc) is 3.41.